The average molecular weight is 454 g/mol. The van der Waals surface area contributed by atoms with E-state index < -0.39 is 0 Å². The number of rotatable bonds is 6. The molecule has 1 N–H and O–H groups in total. The number of para-hydroxylation sites is 2. The monoisotopic (exact) mass is 453 g/mol. The molecule has 1 aliphatic carbocycles. The molecule has 0 bridgehead atoms. The molecule has 2 heterocycles. The molecule has 0 spiro atoms. The van der Waals surface area contributed by atoms with Gasteiger partial charge in [0.2, 0.25) is 0 Å². The predicted octanol–water partition coefficient (Wildman–Crippen LogP) is 5.38. The number of anilines is 1. The number of aryl methyl sites for hydroxylation is 1. The third kappa shape index (κ3) is 3.69. The number of oxazole rings is 1. The Kier molecular flexibility index (Phi) is 5.01. The van der Waals surface area contributed by atoms with Crippen molar-refractivity contribution in [3.05, 3.63) is 77.9 Å². The minimum Gasteiger partial charge on any atom is -0.497 e. The number of carbonyl (C=O) groups is 1. The summed E-state index contributed by atoms with van der Waals surface area (Å²) in [5.74, 6) is 1.98. The van der Waals surface area contributed by atoms with Gasteiger partial charge in [-0.05, 0) is 66.6 Å². The number of hydrogen-bond acceptors (Lipinski definition) is 5. The van der Waals surface area contributed by atoms with Crippen molar-refractivity contribution in [1.29, 1.82) is 0 Å². The van der Waals surface area contributed by atoms with Crippen molar-refractivity contribution < 1.29 is 13.9 Å². The Morgan fingerprint density at radius 1 is 1.15 bits per heavy atom. The summed E-state index contributed by atoms with van der Waals surface area (Å²) in [7, 11) is 1.66. The van der Waals surface area contributed by atoms with Gasteiger partial charge in [-0.25, -0.2) is 0 Å². The molecular formula is C28H27N3O3. The van der Waals surface area contributed by atoms with Crippen LogP contribution in [0.15, 0.2) is 71.1 Å². The molecule has 2 aliphatic rings. The fourth-order valence-corrected chi connectivity index (χ4v) is 5.24. The van der Waals surface area contributed by atoms with Crippen LogP contribution in [0.4, 0.5) is 6.01 Å². The first kappa shape index (κ1) is 20.8. The number of carbonyl (C=O) groups excluding carboxylic acids is 1. The highest BCUT2D eigenvalue weighted by atomic mass is 16.5. The first-order chi connectivity index (χ1) is 16.6. The molecule has 4 aromatic rings. The quantitative estimate of drug-likeness (QED) is 0.424. The number of nitrogens with zero attached hydrogens (tertiary/aromatic N) is 2. The molecule has 1 saturated heterocycles. The van der Waals surface area contributed by atoms with E-state index in [2.05, 4.69) is 16.4 Å². The number of piperidine rings is 1. The summed E-state index contributed by atoms with van der Waals surface area (Å²) in [6.45, 7) is 3.45. The van der Waals surface area contributed by atoms with Crippen LogP contribution in [0.5, 0.6) is 5.75 Å². The number of aromatic nitrogens is 1. The van der Waals surface area contributed by atoms with Gasteiger partial charge in [0.05, 0.1) is 13.2 Å². The fraction of sp³-hybridized carbons (Fsp3) is 0.286. The van der Waals surface area contributed by atoms with Crippen LogP contribution in [0, 0.1) is 18.8 Å². The Balaban J connectivity index is 1.27. The van der Waals surface area contributed by atoms with Gasteiger partial charge in [0.1, 0.15) is 11.3 Å². The van der Waals surface area contributed by atoms with Gasteiger partial charge in [-0.2, -0.15) is 4.98 Å². The Hall–Kier alpha value is -3.80. The highest BCUT2D eigenvalue weighted by molar-refractivity contribution is 6.01. The van der Waals surface area contributed by atoms with E-state index in [1.165, 1.54) is 6.42 Å². The van der Waals surface area contributed by atoms with Crippen molar-refractivity contribution in [3.63, 3.8) is 0 Å². The lowest BCUT2D eigenvalue weighted by Gasteiger charge is -2.28. The molecule has 6 rings (SSSR count). The fourth-order valence-electron chi connectivity index (χ4n) is 5.24. The Bertz CT molecular complexity index is 1350. The van der Waals surface area contributed by atoms with Gasteiger partial charge in [0.15, 0.2) is 5.58 Å². The molecule has 172 valence electrons. The highest BCUT2D eigenvalue weighted by Gasteiger charge is 2.54. The van der Waals surface area contributed by atoms with E-state index in [1.54, 1.807) is 7.11 Å². The average Bonchev–Trinajstić information content (AvgIpc) is 3.35. The first-order valence-electron chi connectivity index (χ1n) is 11.8. The number of nitrogens with one attached hydrogen (secondary N) is 1. The van der Waals surface area contributed by atoms with Crippen LogP contribution in [-0.2, 0) is 0 Å². The second-order valence-electron chi connectivity index (χ2n) is 9.33. The third-order valence-electron chi connectivity index (χ3n) is 7.11. The van der Waals surface area contributed by atoms with Crippen molar-refractivity contribution in [2.75, 3.05) is 25.5 Å². The SMILES string of the molecule is COc1cccc(-c2ccc(C)cc2C(=O)N2C[C@H]3C[C@H]3[C@H]2CNc2nc3ccccc3o2)c1. The summed E-state index contributed by atoms with van der Waals surface area (Å²) in [6, 6.07) is 22.3. The Morgan fingerprint density at radius 3 is 2.88 bits per heavy atom. The molecule has 0 radical (unpaired) electrons. The lowest BCUT2D eigenvalue weighted by molar-refractivity contribution is 0.0715. The number of methoxy groups -OCH3 is 1. The molecule has 6 heteroatoms. The topological polar surface area (TPSA) is 67.6 Å². The predicted molar refractivity (Wildman–Crippen MR) is 132 cm³/mol. The van der Waals surface area contributed by atoms with Crippen LogP contribution in [-0.4, -0.2) is 42.0 Å². The number of likely N-dealkylation sites (tertiary alicyclic amines) is 1. The molecule has 1 aromatic heterocycles. The van der Waals surface area contributed by atoms with Crippen molar-refractivity contribution in [3.8, 4) is 16.9 Å². The normalized spacial score (nSPS) is 20.9. The standard InChI is InChI=1S/C28H27N3O3/c1-17-10-11-21(18-6-5-7-20(13-18)33-2)23(12-17)27(32)31-16-19-14-22(19)25(31)15-29-28-30-24-8-3-4-9-26(24)34-28/h3-13,19,22,25H,14-16H2,1-2H3,(H,29,30)/t19-,22-,25-/m1/s1. The van der Waals surface area contributed by atoms with Gasteiger partial charge in [0.25, 0.3) is 11.9 Å². The summed E-state index contributed by atoms with van der Waals surface area (Å²) in [6.07, 6.45) is 1.18. The van der Waals surface area contributed by atoms with Gasteiger partial charge in [0, 0.05) is 18.7 Å². The molecule has 3 aromatic carbocycles. The largest absolute Gasteiger partial charge is 0.497 e. The summed E-state index contributed by atoms with van der Waals surface area (Å²) in [5, 5.41) is 3.35. The van der Waals surface area contributed by atoms with Crippen molar-refractivity contribution in [2.24, 2.45) is 11.8 Å². The second kappa shape index (κ2) is 8.20. The number of fused-ring (bicyclic) bond motifs is 2. The van der Waals surface area contributed by atoms with E-state index in [0.717, 1.165) is 45.6 Å². The highest BCUT2D eigenvalue weighted by Crippen LogP contribution is 2.50. The van der Waals surface area contributed by atoms with Crippen LogP contribution in [0.1, 0.15) is 22.3 Å². The number of hydrogen-bond donors (Lipinski definition) is 1. The minimum absolute atomic E-state index is 0.0816. The van der Waals surface area contributed by atoms with Gasteiger partial charge in [-0.3, -0.25) is 4.79 Å². The maximum absolute atomic E-state index is 13.9. The molecule has 34 heavy (non-hydrogen) atoms. The minimum atomic E-state index is 0.0816. The first-order valence-corrected chi connectivity index (χ1v) is 11.8. The number of ether oxygens (including phenoxy) is 1. The molecule has 1 saturated carbocycles. The van der Waals surface area contributed by atoms with Gasteiger partial charge >= 0.3 is 0 Å². The smallest absolute Gasteiger partial charge is 0.295 e. The van der Waals surface area contributed by atoms with E-state index in [9.17, 15) is 4.79 Å². The summed E-state index contributed by atoms with van der Waals surface area (Å²) in [5.41, 5.74) is 5.31. The maximum atomic E-state index is 13.9. The van der Waals surface area contributed by atoms with E-state index in [4.69, 9.17) is 9.15 Å². The van der Waals surface area contributed by atoms with E-state index in [0.29, 0.717) is 24.4 Å². The van der Waals surface area contributed by atoms with Crippen LogP contribution < -0.4 is 10.1 Å². The van der Waals surface area contributed by atoms with Crippen LogP contribution in [0.25, 0.3) is 22.2 Å². The van der Waals surface area contributed by atoms with E-state index in [-0.39, 0.29) is 11.9 Å². The zero-order valence-corrected chi connectivity index (χ0v) is 19.3. The van der Waals surface area contributed by atoms with Crippen LogP contribution in [0.3, 0.4) is 0 Å². The lowest BCUT2D eigenvalue weighted by Crippen LogP contribution is -2.42. The van der Waals surface area contributed by atoms with Crippen molar-refractivity contribution >= 4 is 23.0 Å². The summed E-state index contributed by atoms with van der Waals surface area (Å²) >= 11 is 0. The van der Waals surface area contributed by atoms with Crippen LogP contribution in [0.2, 0.25) is 0 Å². The molecular weight excluding hydrogens is 426 g/mol. The molecule has 6 nitrogen and oxygen atoms in total. The third-order valence-corrected chi connectivity index (χ3v) is 7.11. The van der Waals surface area contributed by atoms with Gasteiger partial charge in [-0.15, -0.1) is 0 Å². The lowest BCUT2D eigenvalue weighted by atomic mass is 9.96. The molecule has 1 aliphatic heterocycles. The van der Waals surface area contributed by atoms with Gasteiger partial charge < -0.3 is 19.4 Å². The zero-order chi connectivity index (χ0) is 23.2. The van der Waals surface area contributed by atoms with Gasteiger partial charge in [-0.1, -0.05) is 42.0 Å². The van der Waals surface area contributed by atoms with E-state index in [1.807, 2.05) is 72.5 Å². The van der Waals surface area contributed by atoms with E-state index >= 15 is 0 Å². The second-order valence-corrected chi connectivity index (χ2v) is 9.33. The molecule has 0 unspecified atom stereocenters. The molecule has 3 atom stereocenters. The van der Waals surface area contributed by atoms with Crippen molar-refractivity contribution in [2.45, 2.75) is 19.4 Å². The zero-order valence-electron chi connectivity index (χ0n) is 19.3. The molecule has 1 amide bonds. The Morgan fingerprint density at radius 2 is 2.03 bits per heavy atom. The van der Waals surface area contributed by atoms with Crippen molar-refractivity contribution in [1.82, 2.24) is 9.88 Å². The number of benzene rings is 3. The van der Waals surface area contributed by atoms with Crippen LogP contribution >= 0.6 is 0 Å². The Labute approximate surface area is 198 Å². The summed E-state index contributed by atoms with van der Waals surface area (Å²) in [4.78, 5) is 20.5. The maximum Gasteiger partial charge on any atom is 0.295 e. The molecule has 2 fully saturated rings. The number of amides is 1. The summed E-state index contributed by atoms with van der Waals surface area (Å²) < 4.78 is 11.2.